The number of nitrogens with zero attached hydrogens (tertiary/aromatic N) is 2. The molecule has 0 aliphatic carbocycles. The molecule has 0 aliphatic heterocycles. The van der Waals surface area contributed by atoms with Crippen LogP contribution in [0.4, 0.5) is 11.4 Å². The number of pyridine rings is 1. The van der Waals surface area contributed by atoms with E-state index in [1.54, 1.807) is 24.2 Å². The Morgan fingerprint density at radius 2 is 1.78 bits per heavy atom. The molecule has 1 amide bonds. The van der Waals surface area contributed by atoms with Crippen LogP contribution < -0.4 is 10.1 Å². The van der Waals surface area contributed by atoms with Gasteiger partial charge in [-0.1, -0.05) is 42.5 Å². The Morgan fingerprint density at radius 3 is 2.48 bits per heavy atom. The van der Waals surface area contributed by atoms with Crippen LogP contribution in [0.15, 0.2) is 72.9 Å². The van der Waals surface area contributed by atoms with E-state index in [2.05, 4.69) is 10.3 Å². The van der Waals surface area contributed by atoms with E-state index in [9.17, 15) is 4.79 Å². The van der Waals surface area contributed by atoms with E-state index in [0.717, 1.165) is 22.7 Å². The summed E-state index contributed by atoms with van der Waals surface area (Å²) < 4.78 is 5.62. The average molecular weight is 361 g/mol. The predicted octanol–water partition coefficient (Wildman–Crippen LogP) is 4.50. The topological polar surface area (TPSA) is 54.5 Å². The number of ether oxygens (including phenoxy) is 1. The summed E-state index contributed by atoms with van der Waals surface area (Å²) in [5.74, 6) is 0.669. The predicted molar refractivity (Wildman–Crippen MR) is 107 cm³/mol. The highest BCUT2D eigenvalue weighted by atomic mass is 16.5. The van der Waals surface area contributed by atoms with Crippen LogP contribution in [0.25, 0.3) is 0 Å². The molecule has 3 aromatic rings. The van der Waals surface area contributed by atoms with Gasteiger partial charge in [0.1, 0.15) is 11.4 Å². The van der Waals surface area contributed by atoms with Gasteiger partial charge in [0, 0.05) is 13.6 Å². The molecule has 3 rings (SSSR count). The van der Waals surface area contributed by atoms with Crippen LogP contribution >= 0.6 is 0 Å². The molecule has 0 radical (unpaired) electrons. The molecular formula is C22H23N3O2. The first kappa shape index (κ1) is 18.5. The average Bonchev–Trinajstić information content (AvgIpc) is 2.70. The van der Waals surface area contributed by atoms with Gasteiger partial charge in [0.15, 0.2) is 0 Å². The van der Waals surface area contributed by atoms with Crippen molar-refractivity contribution in [1.29, 1.82) is 0 Å². The first-order chi connectivity index (χ1) is 13.2. The molecule has 0 unspecified atom stereocenters. The van der Waals surface area contributed by atoms with Crippen molar-refractivity contribution in [3.8, 4) is 5.75 Å². The normalized spacial score (nSPS) is 10.3. The van der Waals surface area contributed by atoms with Crippen LogP contribution in [-0.2, 0) is 6.54 Å². The van der Waals surface area contributed by atoms with Crippen LogP contribution in [-0.4, -0.2) is 29.4 Å². The Hall–Kier alpha value is -3.34. The maximum absolute atomic E-state index is 12.6. The molecule has 0 fully saturated rings. The zero-order chi connectivity index (χ0) is 19.1. The van der Waals surface area contributed by atoms with Gasteiger partial charge in [-0.25, -0.2) is 4.98 Å². The first-order valence-corrected chi connectivity index (χ1v) is 8.91. The molecule has 2 aromatic carbocycles. The smallest absolute Gasteiger partial charge is 0.272 e. The second-order valence-electron chi connectivity index (χ2n) is 6.13. The van der Waals surface area contributed by atoms with Crippen molar-refractivity contribution < 1.29 is 9.53 Å². The molecule has 0 aliphatic rings. The minimum Gasteiger partial charge on any atom is -0.492 e. The number of para-hydroxylation sites is 2. The third-order valence-electron chi connectivity index (χ3n) is 4.06. The molecule has 1 heterocycles. The Labute approximate surface area is 159 Å². The zero-order valence-corrected chi connectivity index (χ0v) is 15.6. The summed E-state index contributed by atoms with van der Waals surface area (Å²) in [6.07, 6.45) is 1.66. The quantitative estimate of drug-likeness (QED) is 0.673. The number of carbonyl (C=O) groups excluding carboxylic acids is 1. The molecule has 138 valence electrons. The number of hydrogen-bond donors (Lipinski definition) is 1. The van der Waals surface area contributed by atoms with E-state index in [4.69, 9.17) is 4.74 Å². The van der Waals surface area contributed by atoms with Crippen LogP contribution in [0.5, 0.6) is 5.75 Å². The fraction of sp³-hybridized carbons (Fsp3) is 0.182. The highest BCUT2D eigenvalue weighted by Crippen LogP contribution is 2.27. The monoisotopic (exact) mass is 361 g/mol. The van der Waals surface area contributed by atoms with Crippen molar-refractivity contribution in [2.24, 2.45) is 0 Å². The molecular weight excluding hydrogens is 338 g/mol. The second kappa shape index (κ2) is 8.85. The van der Waals surface area contributed by atoms with Crippen LogP contribution in [0.2, 0.25) is 0 Å². The van der Waals surface area contributed by atoms with E-state index in [1.807, 2.05) is 67.6 Å². The molecule has 0 spiro atoms. The summed E-state index contributed by atoms with van der Waals surface area (Å²) in [5, 5.41) is 3.28. The van der Waals surface area contributed by atoms with Gasteiger partial charge in [-0.15, -0.1) is 0 Å². The van der Waals surface area contributed by atoms with Gasteiger partial charge in [-0.2, -0.15) is 0 Å². The van der Waals surface area contributed by atoms with Crippen molar-refractivity contribution >= 4 is 17.3 Å². The summed E-state index contributed by atoms with van der Waals surface area (Å²) in [5.41, 5.74) is 3.15. The molecule has 0 saturated carbocycles. The van der Waals surface area contributed by atoms with Crippen LogP contribution in [0, 0.1) is 0 Å². The molecule has 1 N–H and O–H groups in total. The number of nitrogens with one attached hydrogen (secondary N) is 1. The van der Waals surface area contributed by atoms with Crippen LogP contribution in [0.3, 0.4) is 0 Å². The lowest BCUT2D eigenvalue weighted by molar-refractivity contribution is 0.0779. The van der Waals surface area contributed by atoms with Gasteiger partial charge in [0.2, 0.25) is 0 Å². The Kier molecular flexibility index (Phi) is 6.05. The Bertz CT molecular complexity index is 880. The van der Waals surface area contributed by atoms with Gasteiger partial charge in [0.05, 0.1) is 24.2 Å². The Balaban J connectivity index is 1.67. The van der Waals surface area contributed by atoms with Crippen molar-refractivity contribution in [2.75, 3.05) is 19.0 Å². The third kappa shape index (κ3) is 4.85. The lowest BCUT2D eigenvalue weighted by Crippen LogP contribution is -2.26. The molecule has 1 aromatic heterocycles. The maximum atomic E-state index is 12.6. The third-order valence-corrected chi connectivity index (χ3v) is 4.06. The van der Waals surface area contributed by atoms with Crippen LogP contribution in [0.1, 0.15) is 23.0 Å². The highest BCUT2D eigenvalue weighted by molar-refractivity contribution is 5.92. The van der Waals surface area contributed by atoms with E-state index < -0.39 is 0 Å². The highest BCUT2D eigenvalue weighted by Gasteiger charge is 2.13. The van der Waals surface area contributed by atoms with E-state index in [1.165, 1.54) is 0 Å². The van der Waals surface area contributed by atoms with Crippen molar-refractivity contribution in [3.05, 3.63) is 84.2 Å². The second-order valence-corrected chi connectivity index (χ2v) is 6.13. The van der Waals surface area contributed by atoms with Crippen molar-refractivity contribution in [1.82, 2.24) is 9.88 Å². The largest absolute Gasteiger partial charge is 0.492 e. The van der Waals surface area contributed by atoms with Gasteiger partial charge in [-0.05, 0) is 36.8 Å². The SMILES string of the molecule is CCOc1ccccc1Nc1ccc(C(=O)N(C)Cc2ccccc2)nc1. The van der Waals surface area contributed by atoms with E-state index >= 15 is 0 Å². The summed E-state index contributed by atoms with van der Waals surface area (Å²) in [7, 11) is 1.78. The maximum Gasteiger partial charge on any atom is 0.272 e. The van der Waals surface area contributed by atoms with Gasteiger partial charge < -0.3 is 15.0 Å². The summed E-state index contributed by atoms with van der Waals surface area (Å²) in [4.78, 5) is 18.6. The number of anilines is 2. The summed E-state index contributed by atoms with van der Waals surface area (Å²) >= 11 is 0. The number of carbonyl (C=O) groups is 1. The fourth-order valence-electron chi connectivity index (χ4n) is 2.73. The Morgan fingerprint density at radius 1 is 1.04 bits per heavy atom. The lowest BCUT2D eigenvalue weighted by atomic mass is 10.2. The molecule has 0 atom stereocenters. The summed E-state index contributed by atoms with van der Waals surface area (Å²) in [6, 6.07) is 21.2. The molecule has 0 saturated heterocycles. The molecule has 27 heavy (non-hydrogen) atoms. The lowest BCUT2D eigenvalue weighted by Gasteiger charge is -2.17. The summed E-state index contributed by atoms with van der Waals surface area (Å²) in [6.45, 7) is 3.09. The van der Waals surface area contributed by atoms with Crippen molar-refractivity contribution in [2.45, 2.75) is 13.5 Å². The fourth-order valence-corrected chi connectivity index (χ4v) is 2.73. The number of benzene rings is 2. The number of amides is 1. The molecule has 5 heteroatoms. The minimum atomic E-state index is -0.111. The number of aromatic nitrogens is 1. The zero-order valence-electron chi connectivity index (χ0n) is 15.6. The molecule has 0 bridgehead atoms. The van der Waals surface area contributed by atoms with Gasteiger partial charge in [-0.3, -0.25) is 4.79 Å². The number of hydrogen-bond acceptors (Lipinski definition) is 4. The van der Waals surface area contributed by atoms with E-state index in [0.29, 0.717) is 18.8 Å². The van der Waals surface area contributed by atoms with Gasteiger partial charge >= 0.3 is 0 Å². The standard InChI is InChI=1S/C22H23N3O2/c1-3-27-21-12-8-7-11-19(21)24-18-13-14-20(23-15-18)22(26)25(2)16-17-9-5-4-6-10-17/h4-15,24H,3,16H2,1-2H3. The van der Waals surface area contributed by atoms with Gasteiger partial charge in [0.25, 0.3) is 5.91 Å². The minimum absolute atomic E-state index is 0.111. The molecule has 5 nitrogen and oxygen atoms in total. The number of rotatable bonds is 7. The van der Waals surface area contributed by atoms with Crippen molar-refractivity contribution in [3.63, 3.8) is 0 Å². The van der Waals surface area contributed by atoms with E-state index in [-0.39, 0.29) is 5.91 Å². The first-order valence-electron chi connectivity index (χ1n) is 8.91.